The molecule has 3 rings (SSSR count). The highest BCUT2D eigenvalue weighted by Gasteiger charge is 2.53. The molecule has 2 aromatic heterocycles. The first kappa shape index (κ1) is 17.2. The molecule has 0 radical (unpaired) electrons. The van der Waals surface area contributed by atoms with E-state index in [0.29, 0.717) is 12.3 Å². The lowest BCUT2D eigenvalue weighted by Gasteiger charge is -2.24. The maximum Gasteiger partial charge on any atom is 0.291 e. The van der Waals surface area contributed by atoms with Gasteiger partial charge in [-0.3, -0.25) is 14.4 Å². The number of likely N-dealkylation sites (tertiary alicyclic amines) is 1. The van der Waals surface area contributed by atoms with Crippen molar-refractivity contribution < 1.29 is 28.1 Å². The molecule has 7 nitrogen and oxygen atoms in total. The summed E-state index contributed by atoms with van der Waals surface area (Å²) >= 11 is 0. The Kier molecular flexibility index (Phi) is 4.85. The first-order valence-electron chi connectivity index (χ1n) is 8.25. The van der Waals surface area contributed by atoms with E-state index >= 15 is 0 Å². The maximum absolute atomic E-state index is 12.8. The lowest BCUT2D eigenvalue weighted by molar-refractivity contribution is -0.858. The van der Waals surface area contributed by atoms with Crippen molar-refractivity contribution in [2.24, 2.45) is 5.92 Å². The maximum atomic E-state index is 12.8. The van der Waals surface area contributed by atoms with Crippen molar-refractivity contribution in [3.05, 3.63) is 48.3 Å². The summed E-state index contributed by atoms with van der Waals surface area (Å²) < 4.78 is 10.6. The molecule has 0 aliphatic carbocycles. The second-order valence-electron chi connectivity index (χ2n) is 6.45. The minimum absolute atomic E-state index is 0.0716. The Morgan fingerprint density at radius 1 is 1.16 bits per heavy atom. The van der Waals surface area contributed by atoms with Gasteiger partial charge in [-0.15, -0.1) is 0 Å². The van der Waals surface area contributed by atoms with Crippen molar-refractivity contribution in [1.82, 2.24) is 4.90 Å². The molecule has 2 atom stereocenters. The molecule has 1 amide bonds. The molecule has 1 aliphatic rings. The fourth-order valence-electron chi connectivity index (χ4n) is 3.18. The van der Waals surface area contributed by atoms with Crippen molar-refractivity contribution in [2.75, 3.05) is 27.2 Å². The van der Waals surface area contributed by atoms with Gasteiger partial charge in [0.15, 0.2) is 5.76 Å². The van der Waals surface area contributed by atoms with Gasteiger partial charge in [-0.2, -0.15) is 0 Å². The van der Waals surface area contributed by atoms with Crippen LogP contribution in [0.15, 0.2) is 45.6 Å². The molecule has 1 saturated heterocycles. The second kappa shape index (κ2) is 7.06. The van der Waals surface area contributed by atoms with Crippen LogP contribution in [0.1, 0.15) is 28.8 Å². The number of quaternary nitrogens is 1. The van der Waals surface area contributed by atoms with Gasteiger partial charge in [0, 0.05) is 13.0 Å². The molecule has 0 spiro atoms. The molecule has 1 N–H and O–H groups in total. The summed E-state index contributed by atoms with van der Waals surface area (Å²) in [5, 5.41) is 0. The highest BCUT2D eigenvalue weighted by Crippen LogP contribution is 2.38. The molecular weight excluding hydrogens is 324 g/mol. The van der Waals surface area contributed by atoms with Crippen LogP contribution in [0, 0.1) is 5.92 Å². The number of carbonyl (C=O) groups excluding carboxylic acids is 3. The minimum Gasteiger partial charge on any atom is -0.467 e. The third-order valence-corrected chi connectivity index (χ3v) is 4.36. The van der Waals surface area contributed by atoms with Crippen LogP contribution in [0.3, 0.4) is 0 Å². The number of rotatable bonds is 7. The molecule has 0 bridgehead atoms. The van der Waals surface area contributed by atoms with Crippen LogP contribution in [-0.2, 0) is 9.59 Å². The summed E-state index contributed by atoms with van der Waals surface area (Å²) in [6.07, 6.45) is 3.56. The predicted octanol–water partition coefficient (Wildman–Crippen LogP) is 0.359. The van der Waals surface area contributed by atoms with Gasteiger partial charge in [-0.1, -0.05) is 0 Å². The van der Waals surface area contributed by atoms with Gasteiger partial charge < -0.3 is 18.6 Å². The number of furan rings is 2. The largest absolute Gasteiger partial charge is 0.467 e. The highest BCUT2D eigenvalue weighted by molar-refractivity contribution is 6.43. The van der Waals surface area contributed by atoms with Gasteiger partial charge in [0.25, 0.3) is 5.91 Å². The summed E-state index contributed by atoms with van der Waals surface area (Å²) in [5.74, 6) is -2.48. The highest BCUT2D eigenvalue weighted by atomic mass is 16.3. The topological polar surface area (TPSA) is 85.2 Å². The van der Waals surface area contributed by atoms with E-state index in [2.05, 4.69) is 0 Å². The van der Waals surface area contributed by atoms with E-state index in [1.807, 2.05) is 14.1 Å². The van der Waals surface area contributed by atoms with E-state index in [1.54, 1.807) is 18.2 Å². The third kappa shape index (κ3) is 3.28. The number of nitrogens with zero attached hydrogens (tertiary/aromatic N) is 1. The Labute approximate surface area is 145 Å². The molecule has 0 aromatic carbocycles. The molecular formula is C18H21N2O5+. The summed E-state index contributed by atoms with van der Waals surface area (Å²) in [6, 6.07) is 5.71. The molecule has 7 heteroatoms. The zero-order chi connectivity index (χ0) is 18.0. The van der Waals surface area contributed by atoms with E-state index in [-0.39, 0.29) is 5.76 Å². The van der Waals surface area contributed by atoms with Gasteiger partial charge in [0.05, 0.1) is 33.2 Å². The monoisotopic (exact) mass is 345 g/mol. The number of amides is 1. The Balaban J connectivity index is 1.91. The van der Waals surface area contributed by atoms with Crippen molar-refractivity contribution in [3.63, 3.8) is 0 Å². The summed E-state index contributed by atoms with van der Waals surface area (Å²) in [5.41, 5.74) is 0. The van der Waals surface area contributed by atoms with Crippen LogP contribution in [-0.4, -0.2) is 49.6 Å². The molecule has 25 heavy (non-hydrogen) atoms. The molecule has 2 aromatic rings. The van der Waals surface area contributed by atoms with E-state index in [0.717, 1.165) is 13.0 Å². The first-order chi connectivity index (χ1) is 12.0. The predicted molar refractivity (Wildman–Crippen MR) is 87.0 cm³/mol. The van der Waals surface area contributed by atoms with E-state index < -0.39 is 29.4 Å². The van der Waals surface area contributed by atoms with Gasteiger partial charge >= 0.3 is 0 Å². The average Bonchev–Trinajstić information content (AvgIpc) is 3.31. The Bertz CT molecular complexity index is 749. The molecule has 2 unspecified atom stereocenters. The van der Waals surface area contributed by atoms with Gasteiger partial charge in [-0.05, 0) is 24.3 Å². The third-order valence-electron chi connectivity index (χ3n) is 4.36. The Hall–Kier alpha value is -2.67. The lowest BCUT2D eigenvalue weighted by atomic mass is 9.91. The van der Waals surface area contributed by atoms with Crippen LogP contribution in [0.25, 0.3) is 0 Å². The Morgan fingerprint density at radius 3 is 2.48 bits per heavy atom. The number of Topliss-reactive ketones (excluding diaryl/α,β-unsaturated/α-hetero) is 2. The van der Waals surface area contributed by atoms with E-state index in [4.69, 9.17) is 8.83 Å². The van der Waals surface area contributed by atoms with E-state index in [1.165, 1.54) is 28.4 Å². The quantitative estimate of drug-likeness (QED) is 0.445. The standard InChI is InChI=1S/C18H20N2O5/c1-19(2)8-5-9-20-15(12-6-3-10-24-12)14(17(22)18(20)23)16(21)13-7-4-11-25-13/h3-4,6-7,10-11,14-15H,5,8-9H2,1-2H3/p+1. The van der Waals surface area contributed by atoms with Crippen molar-refractivity contribution in [3.8, 4) is 0 Å². The fraction of sp³-hybridized carbons (Fsp3) is 0.389. The second-order valence-corrected chi connectivity index (χ2v) is 6.45. The number of hydrogen-bond donors (Lipinski definition) is 1. The molecule has 1 fully saturated rings. The van der Waals surface area contributed by atoms with Crippen LogP contribution in [0.4, 0.5) is 0 Å². The van der Waals surface area contributed by atoms with Crippen molar-refractivity contribution in [1.29, 1.82) is 0 Å². The normalized spacial score (nSPS) is 20.7. The number of ketones is 2. The van der Waals surface area contributed by atoms with Crippen LogP contribution >= 0.6 is 0 Å². The number of nitrogens with one attached hydrogen (secondary N) is 1. The lowest BCUT2D eigenvalue weighted by Crippen LogP contribution is -3.05. The smallest absolute Gasteiger partial charge is 0.291 e. The van der Waals surface area contributed by atoms with Gasteiger partial charge in [-0.25, -0.2) is 0 Å². The number of carbonyl (C=O) groups is 3. The van der Waals surface area contributed by atoms with Crippen molar-refractivity contribution in [2.45, 2.75) is 12.5 Å². The molecule has 0 saturated carbocycles. The zero-order valence-corrected chi connectivity index (χ0v) is 14.2. The van der Waals surface area contributed by atoms with Crippen molar-refractivity contribution >= 4 is 17.5 Å². The molecule has 132 valence electrons. The minimum atomic E-state index is -1.14. The average molecular weight is 345 g/mol. The summed E-state index contributed by atoms with van der Waals surface area (Å²) in [7, 11) is 4.04. The van der Waals surface area contributed by atoms with Crippen LogP contribution in [0.5, 0.6) is 0 Å². The number of hydrogen-bond acceptors (Lipinski definition) is 5. The van der Waals surface area contributed by atoms with Gasteiger partial charge in [0.1, 0.15) is 17.7 Å². The van der Waals surface area contributed by atoms with E-state index in [9.17, 15) is 14.4 Å². The Morgan fingerprint density at radius 2 is 1.88 bits per heavy atom. The van der Waals surface area contributed by atoms with Crippen LogP contribution < -0.4 is 4.90 Å². The molecule has 1 aliphatic heterocycles. The van der Waals surface area contributed by atoms with Crippen LogP contribution in [0.2, 0.25) is 0 Å². The zero-order valence-electron chi connectivity index (χ0n) is 14.2. The van der Waals surface area contributed by atoms with Gasteiger partial charge in [0.2, 0.25) is 11.6 Å². The molecule has 3 heterocycles. The first-order valence-corrected chi connectivity index (χ1v) is 8.25. The summed E-state index contributed by atoms with van der Waals surface area (Å²) in [4.78, 5) is 40.5. The fourth-order valence-corrected chi connectivity index (χ4v) is 3.18. The SMILES string of the molecule is C[NH+](C)CCCN1C(=O)C(=O)C(C(=O)c2ccco2)C1c1ccco1. The summed E-state index contributed by atoms with van der Waals surface area (Å²) in [6.45, 7) is 1.24.